The van der Waals surface area contributed by atoms with E-state index in [0.29, 0.717) is 18.7 Å². The Morgan fingerprint density at radius 1 is 1.37 bits per heavy atom. The zero-order chi connectivity index (χ0) is 13.4. The Kier molecular flexibility index (Phi) is 2.56. The van der Waals surface area contributed by atoms with Gasteiger partial charge in [0.05, 0.1) is 17.4 Å². The summed E-state index contributed by atoms with van der Waals surface area (Å²) < 4.78 is 1.69. The van der Waals surface area contributed by atoms with E-state index in [-0.39, 0.29) is 5.91 Å². The number of hydrogen-bond donors (Lipinski definition) is 1. The number of fused-ring (bicyclic) bond motifs is 1. The minimum absolute atomic E-state index is 0.244. The monoisotopic (exact) mass is 256 g/mol. The first-order valence-corrected chi connectivity index (χ1v) is 5.90. The molecule has 3 amide bonds. The molecule has 1 aliphatic rings. The third kappa shape index (κ3) is 1.87. The van der Waals surface area contributed by atoms with E-state index in [2.05, 4.69) is 17.0 Å². The molecule has 1 fully saturated rings. The molecule has 1 aliphatic heterocycles. The highest BCUT2D eigenvalue weighted by atomic mass is 16.2. The summed E-state index contributed by atoms with van der Waals surface area (Å²) in [6.45, 7) is 4.07. The van der Waals surface area contributed by atoms with Crippen molar-refractivity contribution in [1.29, 1.82) is 0 Å². The van der Waals surface area contributed by atoms with Crippen molar-refractivity contribution in [1.82, 2.24) is 14.9 Å². The first-order valence-electron chi connectivity index (χ1n) is 5.90. The quantitative estimate of drug-likeness (QED) is 0.883. The largest absolute Gasteiger partial charge is 0.328 e. The summed E-state index contributed by atoms with van der Waals surface area (Å²) in [5, 5.41) is 6.52. The van der Waals surface area contributed by atoms with Crippen LogP contribution < -0.4 is 10.2 Å². The lowest BCUT2D eigenvalue weighted by atomic mass is 10.2. The van der Waals surface area contributed by atoms with Gasteiger partial charge < -0.3 is 0 Å². The van der Waals surface area contributed by atoms with Crippen LogP contribution in [0.1, 0.15) is 12.0 Å². The number of hydrogen-bond acceptors (Lipinski definition) is 3. The SMILES string of the molecule is C=Cc1ccc2c(N3CCC(=O)NC3=O)cnn2c1. The minimum Gasteiger partial charge on any atom is -0.290 e. The number of urea groups is 1. The van der Waals surface area contributed by atoms with Crippen molar-refractivity contribution >= 4 is 29.2 Å². The molecule has 0 atom stereocenters. The molecule has 2 aromatic rings. The number of amides is 3. The van der Waals surface area contributed by atoms with E-state index < -0.39 is 6.03 Å². The van der Waals surface area contributed by atoms with Gasteiger partial charge in [0.15, 0.2) is 0 Å². The van der Waals surface area contributed by atoms with Gasteiger partial charge in [-0.25, -0.2) is 9.31 Å². The average molecular weight is 256 g/mol. The van der Waals surface area contributed by atoms with Crippen LogP contribution in [0, 0.1) is 0 Å². The van der Waals surface area contributed by atoms with Gasteiger partial charge in [0, 0.05) is 19.2 Å². The Morgan fingerprint density at radius 2 is 2.21 bits per heavy atom. The molecule has 3 rings (SSSR count). The van der Waals surface area contributed by atoms with Gasteiger partial charge >= 0.3 is 6.03 Å². The van der Waals surface area contributed by atoms with Crippen LogP contribution in [0.5, 0.6) is 0 Å². The molecular formula is C13H12N4O2. The van der Waals surface area contributed by atoms with Gasteiger partial charge in [-0.05, 0) is 11.6 Å². The fraction of sp³-hybridized carbons (Fsp3) is 0.154. The molecule has 96 valence electrons. The Bertz CT molecular complexity index is 689. The van der Waals surface area contributed by atoms with Crippen LogP contribution in [0.15, 0.2) is 31.1 Å². The van der Waals surface area contributed by atoms with Crippen molar-refractivity contribution in [3.8, 4) is 0 Å². The van der Waals surface area contributed by atoms with E-state index in [9.17, 15) is 9.59 Å². The van der Waals surface area contributed by atoms with Gasteiger partial charge in [-0.2, -0.15) is 5.10 Å². The maximum absolute atomic E-state index is 11.8. The summed E-state index contributed by atoms with van der Waals surface area (Å²) in [7, 11) is 0. The highest BCUT2D eigenvalue weighted by Gasteiger charge is 2.26. The predicted octanol–water partition coefficient (Wildman–Crippen LogP) is 1.42. The molecular weight excluding hydrogens is 244 g/mol. The zero-order valence-corrected chi connectivity index (χ0v) is 10.2. The van der Waals surface area contributed by atoms with E-state index in [1.165, 1.54) is 4.90 Å². The van der Waals surface area contributed by atoms with Crippen LogP contribution >= 0.6 is 0 Å². The number of imide groups is 1. The molecule has 19 heavy (non-hydrogen) atoms. The summed E-state index contributed by atoms with van der Waals surface area (Å²) in [4.78, 5) is 24.5. The molecule has 0 aliphatic carbocycles. The second-order valence-corrected chi connectivity index (χ2v) is 4.28. The highest BCUT2D eigenvalue weighted by Crippen LogP contribution is 2.23. The number of rotatable bonds is 2. The van der Waals surface area contributed by atoms with Crippen molar-refractivity contribution in [2.45, 2.75) is 6.42 Å². The molecule has 0 unspecified atom stereocenters. The summed E-state index contributed by atoms with van der Waals surface area (Å²) in [6, 6.07) is 3.38. The second kappa shape index (κ2) is 4.24. The maximum Gasteiger partial charge on any atom is 0.328 e. The first-order chi connectivity index (χ1) is 9.19. The van der Waals surface area contributed by atoms with Crippen molar-refractivity contribution in [3.63, 3.8) is 0 Å². The number of aromatic nitrogens is 2. The minimum atomic E-state index is -0.404. The molecule has 0 spiro atoms. The summed E-state index contributed by atoms with van der Waals surface area (Å²) in [5.41, 5.74) is 2.45. The number of carbonyl (C=O) groups is 2. The van der Waals surface area contributed by atoms with Crippen LogP contribution in [0.25, 0.3) is 11.6 Å². The summed E-state index contributed by atoms with van der Waals surface area (Å²) in [6.07, 6.45) is 5.48. The van der Waals surface area contributed by atoms with E-state index in [1.54, 1.807) is 16.8 Å². The van der Waals surface area contributed by atoms with Crippen molar-refractivity contribution in [2.24, 2.45) is 0 Å². The molecule has 0 bridgehead atoms. The fourth-order valence-electron chi connectivity index (χ4n) is 2.11. The summed E-state index contributed by atoms with van der Waals surface area (Å²) >= 11 is 0. The number of pyridine rings is 1. The second-order valence-electron chi connectivity index (χ2n) is 4.28. The van der Waals surface area contributed by atoms with E-state index in [1.807, 2.05) is 18.3 Å². The number of carbonyl (C=O) groups excluding carboxylic acids is 2. The lowest BCUT2D eigenvalue weighted by molar-refractivity contribution is -0.120. The Hall–Kier alpha value is -2.63. The maximum atomic E-state index is 11.8. The Labute approximate surface area is 109 Å². The topological polar surface area (TPSA) is 66.7 Å². The van der Waals surface area contributed by atoms with Gasteiger partial charge in [-0.3, -0.25) is 15.0 Å². The lowest BCUT2D eigenvalue weighted by Gasteiger charge is -2.25. The third-order valence-corrected chi connectivity index (χ3v) is 3.10. The molecule has 0 radical (unpaired) electrons. The third-order valence-electron chi connectivity index (χ3n) is 3.10. The van der Waals surface area contributed by atoms with Gasteiger partial charge in [0.2, 0.25) is 5.91 Å². The average Bonchev–Trinajstić information content (AvgIpc) is 2.81. The fourth-order valence-corrected chi connectivity index (χ4v) is 2.11. The predicted molar refractivity (Wildman–Crippen MR) is 70.8 cm³/mol. The molecule has 6 heteroatoms. The van der Waals surface area contributed by atoms with Crippen LogP contribution in [-0.2, 0) is 4.79 Å². The van der Waals surface area contributed by atoms with Crippen molar-refractivity contribution in [2.75, 3.05) is 11.4 Å². The standard InChI is InChI=1S/C13H12N4O2/c1-2-9-3-4-10-11(7-14-17(10)8-9)16-6-5-12(18)15-13(16)19/h2-4,7-8H,1,5-6H2,(H,15,18,19). The van der Waals surface area contributed by atoms with Crippen molar-refractivity contribution in [3.05, 3.63) is 36.7 Å². The Morgan fingerprint density at radius 3 is 2.95 bits per heavy atom. The number of nitrogens with zero attached hydrogens (tertiary/aromatic N) is 3. The molecule has 0 saturated carbocycles. The van der Waals surface area contributed by atoms with Gasteiger partial charge in [-0.1, -0.05) is 18.7 Å². The van der Waals surface area contributed by atoms with E-state index in [4.69, 9.17) is 0 Å². The van der Waals surface area contributed by atoms with Crippen LogP contribution in [0.4, 0.5) is 10.5 Å². The smallest absolute Gasteiger partial charge is 0.290 e. The normalized spacial score (nSPS) is 15.7. The highest BCUT2D eigenvalue weighted by molar-refractivity contribution is 6.07. The van der Waals surface area contributed by atoms with Gasteiger partial charge in [0.25, 0.3) is 0 Å². The van der Waals surface area contributed by atoms with Crippen LogP contribution in [0.3, 0.4) is 0 Å². The first kappa shape index (κ1) is 11.5. The molecule has 1 N–H and O–H groups in total. The van der Waals surface area contributed by atoms with Crippen LogP contribution in [-0.4, -0.2) is 28.1 Å². The molecule has 0 aromatic carbocycles. The number of nitrogens with one attached hydrogen (secondary N) is 1. The summed E-state index contributed by atoms with van der Waals surface area (Å²) in [5.74, 6) is -0.244. The molecule has 6 nitrogen and oxygen atoms in total. The molecule has 2 aromatic heterocycles. The lowest BCUT2D eigenvalue weighted by Crippen LogP contribution is -2.49. The van der Waals surface area contributed by atoms with Gasteiger partial charge in [0.1, 0.15) is 0 Å². The van der Waals surface area contributed by atoms with Gasteiger partial charge in [-0.15, -0.1) is 0 Å². The number of anilines is 1. The Balaban J connectivity index is 2.03. The zero-order valence-electron chi connectivity index (χ0n) is 10.2. The van der Waals surface area contributed by atoms with E-state index in [0.717, 1.165) is 11.1 Å². The molecule has 1 saturated heterocycles. The van der Waals surface area contributed by atoms with Crippen LogP contribution in [0.2, 0.25) is 0 Å². The van der Waals surface area contributed by atoms with E-state index >= 15 is 0 Å². The van der Waals surface area contributed by atoms with Crippen molar-refractivity contribution < 1.29 is 9.59 Å². The molecule has 3 heterocycles.